The number of rotatable bonds is 2. The van der Waals surface area contributed by atoms with Crippen molar-refractivity contribution in [3.8, 4) is 0 Å². The van der Waals surface area contributed by atoms with Gasteiger partial charge in [-0.15, -0.1) is 11.6 Å². The van der Waals surface area contributed by atoms with Gasteiger partial charge in [-0.2, -0.15) is 0 Å². The van der Waals surface area contributed by atoms with E-state index in [1.165, 1.54) is 6.07 Å². The van der Waals surface area contributed by atoms with E-state index in [0.717, 1.165) is 0 Å². The molecule has 1 heterocycles. The van der Waals surface area contributed by atoms with Crippen molar-refractivity contribution < 1.29 is 8.78 Å². The maximum absolute atomic E-state index is 12.4. The van der Waals surface area contributed by atoms with Crippen molar-refractivity contribution in [2.45, 2.75) is 12.3 Å². The van der Waals surface area contributed by atoms with Gasteiger partial charge in [0.15, 0.2) is 0 Å². The van der Waals surface area contributed by atoms with Crippen molar-refractivity contribution in [2.24, 2.45) is 0 Å². The lowest BCUT2D eigenvalue weighted by Gasteiger charge is -2.07. The van der Waals surface area contributed by atoms with Gasteiger partial charge in [-0.3, -0.25) is 0 Å². The van der Waals surface area contributed by atoms with Gasteiger partial charge in [0.25, 0.3) is 6.43 Å². The average Bonchev–Trinajstić information content (AvgIpc) is 2.01. The molecule has 0 atom stereocenters. The highest BCUT2D eigenvalue weighted by Gasteiger charge is 2.18. The second-order valence-corrected chi connectivity index (χ2v) is 3.68. The summed E-state index contributed by atoms with van der Waals surface area (Å²) in [6, 6.07) is 1.43. The first-order chi connectivity index (χ1) is 6.06. The Hall–Kier alpha value is 0.0700. The second kappa shape index (κ2) is 4.53. The zero-order chi connectivity index (χ0) is 10.0. The van der Waals surface area contributed by atoms with Crippen LogP contribution in [-0.4, -0.2) is 4.98 Å². The predicted octanol–water partition coefficient (Wildman–Crippen LogP) is 4.17. The van der Waals surface area contributed by atoms with Crippen LogP contribution in [0.4, 0.5) is 8.78 Å². The van der Waals surface area contributed by atoms with E-state index in [0.29, 0.717) is 10.2 Å². The maximum atomic E-state index is 12.4. The molecule has 6 heteroatoms. The highest BCUT2D eigenvalue weighted by molar-refractivity contribution is 9.10. The first-order valence-corrected chi connectivity index (χ1v) is 4.95. The fraction of sp³-hybridized carbons (Fsp3) is 0.286. The Morgan fingerprint density at radius 3 is 2.62 bits per heavy atom. The van der Waals surface area contributed by atoms with Gasteiger partial charge < -0.3 is 0 Å². The van der Waals surface area contributed by atoms with Gasteiger partial charge in [-0.05, 0) is 27.6 Å². The van der Waals surface area contributed by atoms with E-state index >= 15 is 0 Å². The van der Waals surface area contributed by atoms with E-state index in [9.17, 15) is 8.78 Å². The van der Waals surface area contributed by atoms with E-state index in [-0.39, 0.29) is 16.6 Å². The molecule has 0 aliphatic heterocycles. The van der Waals surface area contributed by atoms with Crippen molar-refractivity contribution >= 4 is 39.1 Å². The van der Waals surface area contributed by atoms with Gasteiger partial charge in [0, 0.05) is 5.88 Å². The average molecular weight is 291 g/mol. The zero-order valence-electron chi connectivity index (χ0n) is 6.20. The molecule has 72 valence electrons. The molecule has 0 N–H and O–H groups in total. The molecule has 0 radical (unpaired) electrons. The van der Waals surface area contributed by atoms with Crippen molar-refractivity contribution in [1.29, 1.82) is 0 Å². The van der Waals surface area contributed by atoms with Crippen LogP contribution in [0.5, 0.6) is 0 Å². The number of aromatic nitrogens is 1. The normalized spacial score (nSPS) is 10.9. The minimum atomic E-state index is -2.65. The molecule has 0 aliphatic carbocycles. The number of alkyl halides is 3. The third-order valence-corrected chi connectivity index (χ3v) is 2.41. The summed E-state index contributed by atoms with van der Waals surface area (Å²) in [6.45, 7) is 0. The van der Waals surface area contributed by atoms with Gasteiger partial charge in [0.05, 0.1) is 5.56 Å². The number of hydrogen-bond acceptors (Lipinski definition) is 1. The number of hydrogen-bond donors (Lipinski definition) is 0. The van der Waals surface area contributed by atoms with E-state index in [1.54, 1.807) is 0 Å². The monoisotopic (exact) mass is 289 g/mol. The largest absolute Gasteiger partial charge is 0.267 e. The Bertz CT molecular complexity index is 320. The number of halogens is 5. The summed E-state index contributed by atoms with van der Waals surface area (Å²) in [4.78, 5) is 3.65. The van der Waals surface area contributed by atoms with Crippen LogP contribution in [0.1, 0.15) is 17.6 Å². The maximum Gasteiger partial charge on any atom is 0.267 e. The van der Waals surface area contributed by atoms with Crippen LogP contribution in [0.15, 0.2) is 10.7 Å². The van der Waals surface area contributed by atoms with E-state index in [2.05, 4.69) is 20.9 Å². The lowest BCUT2D eigenvalue weighted by atomic mass is 10.2. The summed E-state index contributed by atoms with van der Waals surface area (Å²) >= 11 is 14.0. The molecule has 1 aromatic heterocycles. The van der Waals surface area contributed by atoms with Crippen LogP contribution in [-0.2, 0) is 5.88 Å². The summed E-state index contributed by atoms with van der Waals surface area (Å²) in [5.74, 6) is -0.0134. The summed E-state index contributed by atoms with van der Waals surface area (Å²) in [7, 11) is 0. The van der Waals surface area contributed by atoms with Crippen LogP contribution in [0.3, 0.4) is 0 Å². The van der Waals surface area contributed by atoms with E-state index < -0.39 is 6.43 Å². The molecule has 0 aromatic carbocycles. The molecule has 1 nitrogen and oxygen atoms in total. The van der Waals surface area contributed by atoms with Crippen molar-refractivity contribution in [1.82, 2.24) is 4.98 Å². The molecule has 13 heavy (non-hydrogen) atoms. The molecule has 0 amide bonds. The van der Waals surface area contributed by atoms with E-state index in [4.69, 9.17) is 23.2 Å². The lowest BCUT2D eigenvalue weighted by Crippen LogP contribution is -1.96. The summed E-state index contributed by atoms with van der Waals surface area (Å²) < 4.78 is 25.2. The standard InChI is InChI=1S/C7H4BrCl2F2N/c8-4-1-3(2-9)5(7(11)12)6(10)13-4/h1,7H,2H2. The third-order valence-electron chi connectivity index (χ3n) is 1.43. The minimum absolute atomic E-state index is 0.0134. The Morgan fingerprint density at radius 1 is 1.54 bits per heavy atom. The van der Waals surface area contributed by atoms with Crippen LogP contribution >= 0.6 is 39.1 Å². The zero-order valence-corrected chi connectivity index (χ0v) is 9.30. The molecule has 1 aromatic rings. The van der Waals surface area contributed by atoms with Crippen molar-refractivity contribution in [2.75, 3.05) is 0 Å². The first-order valence-electron chi connectivity index (χ1n) is 3.25. The fourth-order valence-electron chi connectivity index (χ4n) is 0.881. The van der Waals surface area contributed by atoms with Crippen LogP contribution in [0, 0.1) is 0 Å². The smallest absolute Gasteiger partial charge is 0.229 e. The summed E-state index contributed by atoms with van der Waals surface area (Å²) in [5.41, 5.74) is 0.00316. The van der Waals surface area contributed by atoms with Gasteiger partial charge in [-0.25, -0.2) is 13.8 Å². The topological polar surface area (TPSA) is 12.9 Å². The fourth-order valence-corrected chi connectivity index (χ4v) is 1.95. The molecule has 0 bridgehead atoms. The van der Waals surface area contributed by atoms with Gasteiger partial charge in [0.1, 0.15) is 9.76 Å². The molecule has 0 aliphatic rings. The Labute approximate surface area is 92.2 Å². The van der Waals surface area contributed by atoms with Gasteiger partial charge in [-0.1, -0.05) is 11.6 Å². The van der Waals surface area contributed by atoms with Crippen LogP contribution in [0.25, 0.3) is 0 Å². The van der Waals surface area contributed by atoms with Crippen molar-refractivity contribution in [3.63, 3.8) is 0 Å². The summed E-state index contributed by atoms with van der Waals surface area (Å²) in [5, 5.41) is -0.208. The minimum Gasteiger partial charge on any atom is -0.229 e. The molecule has 0 fully saturated rings. The molecule has 0 saturated heterocycles. The SMILES string of the molecule is FC(F)c1c(CCl)cc(Br)nc1Cl. The predicted molar refractivity (Wildman–Crippen MR) is 51.5 cm³/mol. The number of pyridine rings is 1. The first kappa shape index (κ1) is 11.1. The Balaban J connectivity index is 3.30. The van der Waals surface area contributed by atoms with Gasteiger partial charge in [0.2, 0.25) is 0 Å². The Morgan fingerprint density at radius 2 is 2.15 bits per heavy atom. The highest BCUT2D eigenvalue weighted by atomic mass is 79.9. The summed E-state index contributed by atoms with van der Waals surface area (Å²) in [6.07, 6.45) is -2.65. The molecule has 0 spiro atoms. The second-order valence-electron chi connectivity index (χ2n) is 2.24. The van der Waals surface area contributed by atoms with Gasteiger partial charge >= 0.3 is 0 Å². The van der Waals surface area contributed by atoms with E-state index in [1.807, 2.05) is 0 Å². The highest BCUT2D eigenvalue weighted by Crippen LogP contribution is 2.31. The van der Waals surface area contributed by atoms with Crippen LogP contribution < -0.4 is 0 Å². The quantitative estimate of drug-likeness (QED) is 0.588. The van der Waals surface area contributed by atoms with Crippen LogP contribution in [0.2, 0.25) is 5.15 Å². The number of nitrogens with zero attached hydrogens (tertiary/aromatic N) is 1. The molecule has 1 rings (SSSR count). The molecule has 0 unspecified atom stereocenters. The molecule has 0 saturated carbocycles. The Kier molecular flexibility index (Phi) is 3.88. The molecular weight excluding hydrogens is 287 g/mol. The van der Waals surface area contributed by atoms with Crippen molar-refractivity contribution in [3.05, 3.63) is 26.9 Å². The third kappa shape index (κ3) is 2.51. The molecular formula is C7H4BrCl2F2N. The lowest BCUT2D eigenvalue weighted by molar-refractivity contribution is 0.150.